The summed E-state index contributed by atoms with van der Waals surface area (Å²) in [6.45, 7) is 0. The Bertz CT molecular complexity index is 624. The monoisotopic (exact) mass is 293 g/mol. The van der Waals surface area contributed by atoms with Crippen LogP contribution in [0.2, 0.25) is 5.02 Å². The molecule has 0 atom stereocenters. The zero-order valence-corrected chi connectivity index (χ0v) is 11.5. The Hall–Kier alpha value is -1.61. The lowest BCUT2D eigenvalue weighted by Gasteiger charge is -2.37. The summed E-state index contributed by atoms with van der Waals surface area (Å²) in [6, 6.07) is 11.4. The molecule has 104 valence electrons. The van der Waals surface area contributed by atoms with Crippen molar-refractivity contribution in [2.75, 3.05) is 5.32 Å². The van der Waals surface area contributed by atoms with Gasteiger partial charge in [0.1, 0.15) is 11.6 Å². The van der Waals surface area contributed by atoms with Gasteiger partial charge in [-0.15, -0.1) is 0 Å². The lowest BCUT2D eigenvalue weighted by molar-refractivity contribution is 0.373. The second kappa shape index (κ2) is 5.41. The minimum atomic E-state index is -0.434. The van der Waals surface area contributed by atoms with Gasteiger partial charge in [-0.2, -0.15) is 0 Å². The third kappa shape index (κ3) is 2.63. The normalized spacial score (nSPS) is 21.4. The molecule has 1 N–H and O–H groups in total. The van der Waals surface area contributed by atoms with Gasteiger partial charge in [0.25, 0.3) is 0 Å². The molecule has 0 amide bonds. The number of rotatable bonds is 3. The van der Waals surface area contributed by atoms with E-state index in [1.807, 2.05) is 24.3 Å². The lowest BCUT2D eigenvalue weighted by atomic mass is 9.76. The first kappa shape index (κ1) is 13.4. The van der Waals surface area contributed by atoms with Crippen molar-refractivity contribution in [2.45, 2.75) is 24.8 Å². The van der Waals surface area contributed by atoms with Gasteiger partial charge in [0.2, 0.25) is 0 Å². The van der Waals surface area contributed by atoms with Crippen LogP contribution in [0.5, 0.6) is 0 Å². The van der Waals surface area contributed by atoms with Crippen molar-refractivity contribution in [1.82, 2.24) is 0 Å². The third-order valence-corrected chi connectivity index (χ3v) is 4.12. The Balaban J connectivity index is 1.64. The fourth-order valence-corrected chi connectivity index (χ4v) is 2.91. The van der Waals surface area contributed by atoms with Crippen LogP contribution >= 0.6 is 11.6 Å². The zero-order chi connectivity index (χ0) is 14.1. The largest absolute Gasteiger partial charge is 0.380 e. The van der Waals surface area contributed by atoms with Crippen molar-refractivity contribution in [2.24, 2.45) is 0 Å². The highest BCUT2D eigenvalue weighted by Crippen LogP contribution is 2.41. The SMILES string of the molecule is Fc1ccc(F)c(NC2CC(c3ccccc3Cl)C2)c1. The van der Waals surface area contributed by atoms with Gasteiger partial charge in [-0.1, -0.05) is 29.8 Å². The van der Waals surface area contributed by atoms with Gasteiger partial charge >= 0.3 is 0 Å². The van der Waals surface area contributed by atoms with Crippen LogP contribution in [0, 0.1) is 11.6 Å². The van der Waals surface area contributed by atoms with Crippen molar-refractivity contribution in [3.63, 3.8) is 0 Å². The maximum Gasteiger partial charge on any atom is 0.146 e. The smallest absolute Gasteiger partial charge is 0.146 e. The molecule has 2 aromatic carbocycles. The molecule has 1 aliphatic carbocycles. The second-order valence-corrected chi connectivity index (χ2v) is 5.56. The molecular weight excluding hydrogens is 280 g/mol. The van der Waals surface area contributed by atoms with Crippen LogP contribution in [0.4, 0.5) is 14.5 Å². The van der Waals surface area contributed by atoms with E-state index in [0.717, 1.165) is 35.6 Å². The van der Waals surface area contributed by atoms with Crippen LogP contribution in [-0.4, -0.2) is 6.04 Å². The molecular formula is C16H14ClF2N. The van der Waals surface area contributed by atoms with E-state index in [1.54, 1.807) is 0 Å². The molecule has 0 aromatic heterocycles. The van der Waals surface area contributed by atoms with E-state index in [1.165, 1.54) is 6.07 Å². The van der Waals surface area contributed by atoms with Gasteiger partial charge in [0.15, 0.2) is 0 Å². The predicted octanol–water partition coefficient (Wildman–Crippen LogP) is 4.98. The van der Waals surface area contributed by atoms with Crippen LogP contribution in [0.1, 0.15) is 24.3 Å². The first-order valence-electron chi connectivity index (χ1n) is 6.59. The molecule has 3 rings (SSSR count). The molecule has 0 radical (unpaired) electrons. The van der Waals surface area contributed by atoms with Crippen LogP contribution in [0.15, 0.2) is 42.5 Å². The number of nitrogens with one attached hydrogen (secondary N) is 1. The van der Waals surface area contributed by atoms with Crippen LogP contribution < -0.4 is 5.32 Å². The van der Waals surface area contributed by atoms with E-state index in [-0.39, 0.29) is 11.7 Å². The van der Waals surface area contributed by atoms with E-state index < -0.39 is 11.6 Å². The van der Waals surface area contributed by atoms with Crippen molar-refractivity contribution in [3.05, 3.63) is 64.7 Å². The van der Waals surface area contributed by atoms with Crippen LogP contribution in [0.3, 0.4) is 0 Å². The van der Waals surface area contributed by atoms with Crippen molar-refractivity contribution in [1.29, 1.82) is 0 Å². The molecule has 2 aromatic rings. The molecule has 0 bridgehead atoms. The summed E-state index contributed by atoms with van der Waals surface area (Å²) >= 11 is 6.16. The van der Waals surface area contributed by atoms with E-state index in [4.69, 9.17) is 11.6 Å². The topological polar surface area (TPSA) is 12.0 Å². The summed E-state index contributed by atoms with van der Waals surface area (Å²) in [5.74, 6) is -0.471. The van der Waals surface area contributed by atoms with Gasteiger partial charge in [-0.05, 0) is 48.6 Å². The average Bonchev–Trinajstić information content (AvgIpc) is 2.38. The summed E-state index contributed by atoms with van der Waals surface area (Å²) in [4.78, 5) is 0. The molecule has 4 heteroatoms. The molecule has 0 heterocycles. The minimum Gasteiger partial charge on any atom is -0.380 e. The molecule has 1 fully saturated rings. The highest BCUT2D eigenvalue weighted by Gasteiger charge is 2.31. The number of halogens is 3. The Morgan fingerprint density at radius 2 is 1.80 bits per heavy atom. The first-order chi connectivity index (χ1) is 9.63. The summed E-state index contributed by atoms with van der Waals surface area (Å²) in [6.07, 6.45) is 1.75. The Morgan fingerprint density at radius 1 is 1.05 bits per heavy atom. The Morgan fingerprint density at radius 3 is 2.55 bits per heavy atom. The standard InChI is InChI=1S/C16H14ClF2N/c17-14-4-2-1-3-13(14)10-7-12(8-10)20-16-9-11(18)5-6-15(16)19/h1-6,9-10,12,20H,7-8H2. The van der Waals surface area contributed by atoms with Crippen molar-refractivity contribution in [3.8, 4) is 0 Å². The molecule has 0 spiro atoms. The summed E-state index contributed by atoms with van der Waals surface area (Å²) in [7, 11) is 0. The summed E-state index contributed by atoms with van der Waals surface area (Å²) in [5.41, 5.74) is 1.36. The van der Waals surface area contributed by atoms with Gasteiger partial charge in [0.05, 0.1) is 5.69 Å². The zero-order valence-electron chi connectivity index (χ0n) is 10.7. The van der Waals surface area contributed by atoms with Crippen molar-refractivity contribution < 1.29 is 8.78 Å². The Kier molecular flexibility index (Phi) is 3.62. The predicted molar refractivity (Wildman–Crippen MR) is 77.2 cm³/mol. The third-order valence-electron chi connectivity index (χ3n) is 3.77. The maximum atomic E-state index is 13.5. The van der Waals surface area contributed by atoms with E-state index in [9.17, 15) is 8.78 Å². The number of hydrogen-bond donors (Lipinski definition) is 1. The van der Waals surface area contributed by atoms with Crippen LogP contribution in [0.25, 0.3) is 0 Å². The molecule has 1 saturated carbocycles. The summed E-state index contributed by atoms with van der Waals surface area (Å²) in [5, 5.41) is 3.82. The number of anilines is 1. The van der Waals surface area contributed by atoms with Gasteiger partial charge < -0.3 is 5.32 Å². The summed E-state index contributed by atoms with van der Waals surface area (Å²) < 4.78 is 26.6. The number of hydrogen-bond acceptors (Lipinski definition) is 1. The first-order valence-corrected chi connectivity index (χ1v) is 6.97. The van der Waals surface area contributed by atoms with Crippen LogP contribution in [-0.2, 0) is 0 Å². The van der Waals surface area contributed by atoms with Gasteiger partial charge in [-0.3, -0.25) is 0 Å². The minimum absolute atomic E-state index is 0.160. The van der Waals surface area contributed by atoms with E-state index in [2.05, 4.69) is 5.32 Å². The fourth-order valence-electron chi connectivity index (χ4n) is 2.62. The molecule has 0 saturated heterocycles. The molecule has 0 unspecified atom stereocenters. The van der Waals surface area contributed by atoms with Gasteiger partial charge in [-0.25, -0.2) is 8.78 Å². The van der Waals surface area contributed by atoms with Gasteiger partial charge in [0, 0.05) is 11.1 Å². The molecule has 1 aliphatic rings. The highest BCUT2D eigenvalue weighted by molar-refractivity contribution is 6.31. The maximum absolute atomic E-state index is 13.5. The number of benzene rings is 2. The quantitative estimate of drug-likeness (QED) is 0.842. The average molecular weight is 294 g/mol. The molecule has 20 heavy (non-hydrogen) atoms. The fraction of sp³-hybridized carbons (Fsp3) is 0.250. The van der Waals surface area contributed by atoms with Crippen molar-refractivity contribution >= 4 is 17.3 Å². The molecule has 1 nitrogen and oxygen atoms in total. The Labute approximate surface area is 121 Å². The van der Waals surface area contributed by atoms with E-state index >= 15 is 0 Å². The lowest BCUT2D eigenvalue weighted by Crippen LogP contribution is -2.34. The highest BCUT2D eigenvalue weighted by atomic mass is 35.5. The second-order valence-electron chi connectivity index (χ2n) is 5.16. The van der Waals surface area contributed by atoms with E-state index in [0.29, 0.717) is 5.92 Å². The molecule has 0 aliphatic heterocycles.